The second-order valence-electron chi connectivity index (χ2n) is 7.30. The number of ether oxygens (including phenoxy) is 2. The van der Waals surface area contributed by atoms with Crippen molar-refractivity contribution in [2.24, 2.45) is 11.8 Å². The van der Waals surface area contributed by atoms with Gasteiger partial charge in [0.2, 0.25) is 10.0 Å². The standard InChI is InChI=1S/C20H28N2O6S/c1-14-9-15(2)12-22(11-14)19(23)13-28-20(24)8-6-16-5-7-17(27-4)18(10-16)29(25,26)21-3/h5-8,10,14-15,21H,9,11-13H2,1-4H3/b8-6+/t14-,15+. The van der Waals surface area contributed by atoms with E-state index in [9.17, 15) is 18.0 Å². The lowest BCUT2D eigenvalue weighted by Gasteiger charge is -2.34. The molecule has 0 unspecified atom stereocenters. The van der Waals surface area contributed by atoms with Gasteiger partial charge in [0.1, 0.15) is 10.6 Å². The maximum absolute atomic E-state index is 12.3. The maximum atomic E-state index is 12.3. The first kappa shape index (κ1) is 22.9. The van der Waals surface area contributed by atoms with Gasteiger partial charge < -0.3 is 14.4 Å². The first-order valence-corrected chi connectivity index (χ1v) is 10.9. The van der Waals surface area contributed by atoms with Crippen LogP contribution in [-0.4, -0.2) is 59.0 Å². The number of rotatable bonds is 7. The molecule has 0 saturated carbocycles. The summed E-state index contributed by atoms with van der Waals surface area (Å²) in [6.07, 6.45) is 3.66. The molecule has 0 radical (unpaired) electrons. The second-order valence-corrected chi connectivity index (χ2v) is 9.16. The molecule has 2 atom stereocenters. The number of piperidine rings is 1. The quantitative estimate of drug-likeness (QED) is 0.528. The lowest BCUT2D eigenvalue weighted by atomic mass is 9.92. The summed E-state index contributed by atoms with van der Waals surface area (Å²) >= 11 is 0. The van der Waals surface area contributed by atoms with Crippen LogP contribution >= 0.6 is 0 Å². The molecule has 1 amide bonds. The molecule has 0 aliphatic carbocycles. The van der Waals surface area contributed by atoms with Crippen molar-refractivity contribution in [2.75, 3.05) is 33.9 Å². The van der Waals surface area contributed by atoms with Crippen molar-refractivity contribution in [1.29, 1.82) is 0 Å². The van der Waals surface area contributed by atoms with E-state index in [1.807, 2.05) is 0 Å². The molecule has 1 heterocycles. The van der Waals surface area contributed by atoms with Crippen molar-refractivity contribution >= 4 is 28.0 Å². The summed E-state index contributed by atoms with van der Waals surface area (Å²) in [6.45, 7) is 5.23. The molecule has 0 bridgehead atoms. The van der Waals surface area contributed by atoms with Gasteiger partial charge in [-0.1, -0.05) is 19.9 Å². The number of esters is 1. The molecule has 1 N–H and O–H groups in total. The van der Waals surface area contributed by atoms with Crippen LogP contribution in [-0.2, 0) is 24.3 Å². The molecular weight excluding hydrogens is 396 g/mol. The highest BCUT2D eigenvalue weighted by atomic mass is 32.2. The Hall–Kier alpha value is -2.39. The van der Waals surface area contributed by atoms with E-state index in [1.165, 1.54) is 32.4 Å². The van der Waals surface area contributed by atoms with E-state index >= 15 is 0 Å². The van der Waals surface area contributed by atoms with Gasteiger partial charge in [0.25, 0.3) is 5.91 Å². The Labute approximate surface area is 171 Å². The van der Waals surface area contributed by atoms with Crippen molar-refractivity contribution in [2.45, 2.75) is 25.2 Å². The van der Waals surface area contributed by atoms with Crippen LogP contribution in [0, 0.1) is 11.8 Å². The van der Waals surface area contributed by atoms with Crippen LogP contribution in [0.5, 0.6) is 5.75 Å². The number of carbonyl (C=O) groups is 2. The number of sulfonamides is 1. The second kappa shape index (κ2) is 9.89. The zero-order valence-electron chi connectivity index (χ0n) is 17.2. The van der Waals surface area contributed by atoms with Gasteiger partial charge in [-0.15, -0.1) is 0 Å². The zero-order chi connectivity index (χ0) is 21.6. The van der Waals surface area contributed by atoms with Crippen molar-refractivity contribution in [1.82, 2.24) is 9.62 Å². The molecule has 1 fully saturated rings. The molecule has 29 heavy (non-hydrogen) atoms. The summed E-state index contributed by atoms with van der Waals surface area (Å²) < 4.78 is 36.5. The number of carbonyl (C=O) groups excluding carboxylic acids is 2. The molecule has 1 saturated heterocycles. The Kier molecular flexibility index (Phi) is 7.80. The van der Waals surface area contributed by atoms with Crippen LogP contribution in [0.1, 0.15) is 25.8 Å². The van der Waals surface area contributed by atoms with E-state index < -0.39 is 16.0 Å². The summed E-state index contributed by atoms with van der Waals surface area (Å²) in [6, 6.07) is 4.49. The molecule has 1 aliphatic rings. The van der Waals surface area contributed by atoms with Gasteiger partial charge in [0.05, 0.1) is 7.11 Å². The number of hydrogen-bond acceptors (Lipinski definition) is 6. The first-order valence-electron chi connectivity index (χ1n) is 9.40. The highest BCUT2D eigenvalue weighted by Crippen LogP contribution is 2.25. The van der Waals surface area contributed by atoms with E-state index in [-0.39, 0.29) is 23.2 Å². The normalized spacial score (nSPS) is 19.9. The van der Waals surface area contributed by atoms with Gasteiger partial charge in [-0.25, -0.2) is 17.9 Å². The Bertz CT molecular complexity index is 871. The van der Waals surface area contributed by atoms with Crippen LogP contribution < -0.4 is 9.46 Å². The molecule has 9 heteroatoms. The van der Waals surface area contributed by atoms with Gasteiger partial charge in [-0.2, -0.15) is 0 Å². The Balaban J connectivity index is 1.98. The average Bonchev–Trinajstić information content (AvgIpc) is 2.69. The minimum Gasteiger partial charge on any atom is -0.495 e. The average molecular weight is 425 g/mol. The van der Waals surface area contributed by atoms with Gasteiger partial charge in [0.15, 0.2) is 6.61 Å². The van der Waals surface area contributed by atoms with Gasteiger partial charge in [-0.05, 0) is 49.1 Å². The van der Waals surface area contributed by atoms with E-state index in [0.29, 0.717) is 30.5 Å². The molecule has 2 rings (SSSR count). The Morgan fingerprint density at radius 2 is 1.90 bits per heavy atom. The van der Waals surface area contributed by atoms with Gasteiger partial charge in [-0.3, -0.25) is 4.79 Å². The zero-order valence-corrected chi connectivity index (χ0v) is 18.0. The fourth-order valence-electron chi connectivity index (χ4n) is 3.42. The fourth-order valence-corrected chi connectivity index (χ4v) is 4.35. The highest BCUT2D eigenvalue weighted by Gasteiger charge is 2.25. The number of methoxy groups -OCH3 is 1. The summed E-state index contributed by atoms with van der Waals surface area (Å²) in [7, 11) is -1.05. The van der Waals surface area contributed by atoms with E-state index in [4.69, 9.17) is 9.47 Å². The first-order chi connectivity index (χ1) is 13.7. The topological polar surface area (TPSA) is 102 Å². The molecule has 0 spiro atoms. The minimum atomic E-state index is -3.72. The van der Waals surface area contributed by atoms with Crippen LogP contribution in [0.25, 0.3) is 6.08 Å². The Morgan fingerprint density at radius 3 is 2.48 bits per heavy atom. The predicted molar refractivity (Wildman–Crippen MR) is 109 cm³/mol. The molecule has 8 nitrogen and oxygen atoms in total. The fraction of sp³-hybridized carbons (Fsp3) is 0.500. The lowest BCUT2D eigenvalue weighted by Crippen LogP contribution is -2.44. The molecular formula is C20H28N2O6S. The van der Waals surface area contributed by atoms with Crippen LogP contribution in [0.2, 0.25) is 0 Å². The molecule has 160 valence electrons. The van der Waals surface area contributed by atoms with Crippen LogP contribution in [0.15, 0.2) is 29.2 Å². The van der Waals surface area contributed by atoms with Gasteiger partial charge >= 0.3 is 5.97 Å². The Morgan fingerprint density at radius 1 is 1.24 bits per heavy atom. The number of benzene rings is 1. The van der Waals surface area contributed by atoms with Crippen LogP contribution in [0.3, 0.4) is 0 Å². The molecule has 1 aromatic carbocycles. The minimum absolute atomic E-state index is 0.0402. The third-order valence-electron chi connectivity index (χ3n) is 4.72. The summed E-state index contributed by atoms with van der Waals surface area (Å²) in [4.78, 5) is 25.9. The maximum Gasteiger partial charge on any atom is 0.331 e. The largest absolute Gasteiger partial charge is 0.495 e. The molecule has 1 aromatic rings. The van der Waals surface area contributed by atoms with Crippen molar-refractivity contribution in [3.8, 4) is 5.75 Å². The molecule has 1 aliphatic heterocycles. The highest BCUT2D eigenvalue weighted by molar-refractivity contribution is 7.89. The summed E-state index contributed by atoms with van der Waals surface area (Å²) in [5.41, 5.74) is 0.474. The summed E-state index contributed by atoms with van der Waals surface area (Å²) in [5.74, 6) is 0.157. The number of amides is 1. The predicted octanol–water partition coefficient (Wildman–Crippen LogP) is 1.66. The molecule has 0 aromatic heterocycles. The number of likely N-dealkylation sites (tertiary alicyclic amines) is 1. The SMILES string of the molecule is CNS(=O)(=O)c1cc(/C=C/C(=O)OCC(=O)N2C[C@H](C)C[C@H](C)C2)ccc1OC. The van der Waals surface area contributed by atoms with E-state index in [2.05, 4.69) is 18.6 Å². The van der Waals surface area contributed by atoms with E-state index in [1.54, 1.807) is 11.0 Å². The van der Waals surface area contributed by atoms with Crippen molar-refractivity contribution < 1.29 is 27.5 Å². The van der Waals surface area contributed by atoms with Crippen molar-refractivity contribution in [3.05, 3.63) is 29.8 Å². The van der Waals surface area contributed by atoms with E-state index in [0.717, 1.165) is 12.5 Å². The summed E-state index contributed by atoms with van der Waals surface area (Å²) in [5, 5.41) is 0. The monoisotopic (exact) mass is 424 g/mol. The number of hydrogen-bond donors (Lipinski definition) is 1. The number of nitrogens with zero attached hydrogens (tertiary/aromatic N) is 1. The lowest BCUT2D eigenvalue weighted by molar-refractivity contribution is -0.149. The van der Waals surface area contributed by atoms with Gasteiger partial charge in [0, 0.05) is 19.2 Å². The van der Waals surface area contributed by atoms with Crippen LogP contribution in [0.4, 0.5) is 0 Å². The third-order valence-corrected chi connectivity index (χ3v) is 6.15. The third kappa shape index (κ3) is 6.30. The number of nitrogens with one attached hydrogen (secondary N) is 1. The van der Waals surface area contributed by atoms with Crippen molar-refractivity contribution in [3.63, 3.8) is 0 Å². The smallest absolute Gasteiger partial charge is 0.331 e.